The van der Waals surface area contributed by atoms with Crippen molar-refractivity contribution in [1.82, 2.24) is 0 Å². The van der Waals surface area contributed by atoms with Crippen molar-refractivity contribution in [2.75, 3.05) is 0 Å². The summed E-state index contributed by atoms with van der Waals surface area (Å²) < 4.78 is 0. The van der Waals surface area contributed by atoms with Crippen LogP contribution in [0.4, 0.5) is 0 Å². The van der Waals surface area contributed by atoms with Crippen molar-refractivity contribution in [3.8, 4) is 5.75 Å². The fourth-order valence-corrected chi connectivity index (χ4v) is 3.83. The fourth-order valence-electron chi connectivity index (χ4n) is 3.83. The summed E-state index contributed by atoms with van der Waals surface area (Å²) in [6.45, 7) is 0. The molecule has 0 spiro atoms. The summed E-state index contributed by atoms with van der Waals surface area (Å²) in [7, 11) is 0. The zero-order valence-electron chi connectivity index (χ0n) is 15.9. The van der Waals surface area contributed by atoms with Gasteiger partial charge in [0.15, 0.2) is 0 Å². The SMILES string of the molecule is Oc1cccc2cc3ccccc3cc12.c1ccc2cc3ccccc3cc2c1. The standard InChI is InChI=1S/C14H10O.C14H10/c15-14-7-3-6-12-8-10-4-1-2-5-11(10)9-13(12)14;1-2-6-12-10-14-8-4-3-7-13(14)9-11(12)5-1/h1-9,15H;1-10H. The first-order valence-electron chi connectivity index (χ1n) is 9.76. The zero-order valence-corrected chi connectivity index (χ0v) is 15.9. The quantitative estimate of drug-likeness (QED) is 0.271. The fraction of sp³-hybridized carbons (Fsp3) is 0. The predicted octanol–water partition coefficient (Wildman–Crippen LogP) is 7.69. The highest BCUT2D eigenvalue weighted by molar-refractivity contribution is 6.00. The normalized spacial score (nSPS) is 10.9. The molecule has 0 amide bonds. The van der Waals surface area contributed by atoms with Gasteiger partial charge in [0, 0.05) is 5.39 Å². The van der Waals surface area contributed by atoms with E-state index in [0.717, 1.165) is 16.2 Å². The first-order valence-corrected chi connectivity index (χ1v) is 9.76. The lowest BCUT2D eigenvalue weighted by Crippen LogP contribution is -1.76. The summed E-state index contributed by atoms with van der Waals surface area (Å²) in [6.07, 6.45) is 0. The van der Waals surface area contributed by atoms with E-state index in [9.17, 15) is 5.11 Å². The molecule has 6 aromatic carbocycles. The van der Waals surface area contributed by atoms with Gasteiger partial charge in [-0.05, 0) is 68.0 Å². The number of aromatic hydroxyl groups is 1. The third-order valence-corrected chi connectivity index (χ3v) is 5.34. The average molecular weight is 372 g/mol. The van der Waals surface area contributed by atoms with Gasteiger partial charge in [0.25, 0.3) is 0 Å². The second-order valence-corrected chi connectivity index (χ2v) is 7.24. The van der Waals surface area contributed by atoms with Crippen molar-refractivity contribution in [2.45, 2.75) is 0 Å². The number of benzene rings is 6. The maximum atomic E-state index is 9.73. The van der Waals surface area contributed by atoms with Crippen LogP contribution in [-0.4, -0.2) is 5.11 Å². The van der Waals surface area contributed by atoms with Crippen molar-refractivity contribution in [1.29, 1.82) is 0 Å². The largest absolute Gasteiger partial charge is 0.507 e. The van der Waals surface area contributed by atoms with E-state index in [4.69, 9.17) is 0 Å². The van der Waals surface area contributed by atoms with Crippen LogP contribution in [0.5, 0.6) is 5.75 Å². The maximum Gasteiger partial charge on any atom is 0.123 e. The number of hydrogen-bond acceptors (Lipinski definition) is 1. The van der Waals surface area contributed by atoms with E-state index >= 15 is 0 Å². The minimum absolute atomic E-state index is 0.346. The molecule has 0 atom stereocenters. The number of hydrogen-bond donors (Lipinski definition) is 1. The number of rotatable bonds is 0. The maximum absolute atomic E-state index is 9.73. The van der Waals surface area contributed by atoms with Gasteiger partial charge >= 0.3 is 0 Å². The van der Waals surface area contributed by atoms with Crippen LogP contribution < -0.4 is 0 Å². The van der Waals surface area contributed by atoms with Crippen LogP contribution in [0.2, 0.25) is 0 Å². The summed E-state index contributed by atoms with van der Waals surface area (Å²) >= 11 is 0. The minimum atomic E-state index is 0.346. The molecule has 0 saturated carbocycles. The topological polar surface area (TPSA) is 20.2 Å². The molecule has 29 heavy (non-hydrogen) atoms. The minimum Gasteiger partial charge on any atom is -0.507 e. The first kappa shape index (κ1) is 17.3. The Morgan fingerprint density at radius 3 is 1.14 bits per heavy atom. The summed E-state index contributed by atoms with van der Waals surface area (Å²) in [5, 5.41) is 19.3. The second kappa shape index (κ2) is 7.29. The summed E-state index contributed by atoms with van der Waals surface area (Å²) in [5.41, 5.74) is 0. The monoisotopic (exact) mass is 372 g/mol. The molecule has 0 bridgehead atoms. The van der Waals surface area contributed by atoms with Gasteiger partial charge in [-0.25, -0.2) is 0 Å². The second-order valence-electron chi connectivity index (χ2n) is 7.24. The molecule has 1 heteroatoms. The third-order valence-electron chi connectivity index (χ3n) is 5.34. The molecule has 0 aliphatic carbocycles. The lowest BCUT2D eigenvalue weighted by atomic mass is 10.0. The Hall–Kier alpha value is -3.84. The van der Waals surface area contributed by atoms with E-state index in [1.54, 1.807) is 6.07 Å². The Morgan fingerprint density at radius 2 is 0.690 bits per heavy atom. The van der Waals surface area contributed by atoms with Crippen molar-refractivity contribution < 1.29 is 5.11 Å². The predicted molar refractivity (Wildman–Crippen MR) is 125 cm³/mol. The molecular formula is C28H20O. The molecule has 0 heterocycles. The Bertz CT molecular complexity index is 1360. The Balaban J connectivity index is 0.000000125. The van der Waals surface area contributed by atoms with E-state index in [0.29, 0.717) is 5.75 Å². The van der Waals surface area contributed by atoms with Crippen LogP contribution in [0.3, 0.4) is 0 Å². The molecular weight excluding hydrogens is 352 g/mol. The Morgan fingerprint density at radius 1 is 0.345 bits per heavy atom. The molecule has 6 rings (SSSR count). The van der Waals surface area contributed by atoms with Crippen molar-refractivity contribution in [2.24, 2.45) is 0 Å². The van der Waals surface area contributed by atoms with Crippen LogP contribution in [0.1, 0.15) is 0 Å². The van der Waals surface area contributed by atoms with Crippen LogP contribution in [0, 0.1) is 0 Å². The van der Waals surface area contributed by atoms with E-state index in [1.807, 2.05) is 30.3 Å². The van der Waals surface area contributed by atoms with Crippen LogP contribution in [0.25, 0.3) is 43.1 Å². The van der Waals surface area contributed by atoms with Crippen LogP contribution >= 0.6 is 0 Å². The molecule has 0 aromatic heterocycles. The van der Waals surface area contributed by atoms with Crippen molar-refractivity contribution in [3.63, 3.8) is 0 Å². The van der Waals surface area contributed by atoms with Gasteiger partial charge in [0.05, 0.1) is 0 Å². The smallest absolute Gasteiger partial charge is 0.123 e. The molecule has 0 radical (unpaired) electrons. The molecule has 0 unspecified atom stereocenters. The van der Waals surface area contributed by atoms with Gasteiger partial charge in [0.2, 0.25) is 0 Å². The highest BCUT2D eigenvalue weighted by atomic mass is 16.3. The van der Waals surface area contributed by atoms with E-state index in [-0.39, 0.29) is 0 Å². The average Bonchev–Trinajstić information content (AvgIpc) is 2.77. The molecule has 0 saturated heterocycles. The molecule has 1 N–H and O–H groups in total. The Kier molecular flexibility index (Phi) is 4.34. The summed E-state index contributed by atoms with van der Waals surface area (Å²) in [5.74, 6) is 0.346. The van der Waals surface area contributed by atoms with Gasteiger partial charge in [-0.3, -0.25) is 0 Å². The molecule has 0 fully saturated rings. The highest BCUT2D eigenvalue weighted by Crippen LogP contribution is 2.28. The lowest BCUT2D eigenvalue weighted by molar-refractivity contribution is 0.481. The molecule has 0 aliphatic rings. The van der Waals surface area contributed by atoms with Gasteiger partial charge in [-0.1, -0.05) is 84.9 Å². The van der Waals surface area contributed by atoms with E-state index < -0.39 is 0 Å². The van der Waals surface area contributed by atoms with Gasteiger partial charge in [0.1, 0.15) is 5.75 Å². The molecule has 6 aromatic rings. The molecule has 1 nitrogen and oxygen atoms in total. The van der Waals surface area contributed by atoms with E-state index in [2.05, 4.69) is 78.9 Å². The van der Waals surface area contributed by atoms with Crippen LogP contribution in [0.15, 0.2) is 115 Å². The number of phenolic OH excluding ortho intramolecular Hbond substituents is 1. The van der Waals surface area contributed by atoms with Gasteiger partial charge < -0.3 is 5.11 Å². The molecule has 0 aliphatic heterocycles. The summed E-state index contributed by atoms with van der Waals surface area (Å²) in [6, 6.07) is 39.3. The van der Waals surface area contributed by atoms with Gasteiger partial charge in [-0.2, -0.15) is 0 Å². The highest BCUT2D eigenvalue weighted by Gasteiger charge is 2.00. The summed E-state index contributed by atoms with van der Waals surface area (Å²) in [4.78, 5) is 0. The lowest BCUT2D eigenvalue weighted by Gasteiger charge is -2.03. The van der Waals surface area contributed by atoms with Crippen LogP contribution in [-0.2, 0) is 0 Å². The number of fused-ring (bicyclic) bond motifs is 4. The third kappa shape index (κ3) is 3.39. The van der Waals surface area contributed by atoms with Gasteiger partial charge in [-0.15, -0.1) is 0 Å². The van der Waals surface area contributed by atoms with Crippen molar-refractivity contribution in [3.05, 3.63) is 115 Å². The van der Waals surface area contributed by atoms with Crippen molar-refractivity contribution >= 4 is 43.1 Å². The molecule has 138 valence electrons. The first-order chi connectivity index (χ1) is 14.3. The Labute approximate surface area is 169 Å². The van der Waals surface area contributed by atoms with E-state index in [1.165, 1.54) is 26.9 Å². The number of phenols is 1. The zero-order chi connectivity index (χ0) is 19.6.